The highest BCUT2D eigenvalue weighted by Gasteiger charge is 2.38. The van der Waals surface area contributed by atoms with E-state index < -0.39 is 5.41 Å². The molecule has 0 aromatic carbocycles. The molecule has 1 aliphatic carbocycles. The number of rotatable bonds is 4. The van der Waals surface area contributed by atoms with Crippen LogP contribution in [0.1, 0.15) is 44.1 Å². The highest BCUT2D eigenvalue weighted by molar-refractivity contribution is 5.85. The second-order valence-corrected chi connectivity index (χ2v) is 5.64. The maximum atomic E-state index is 12.3. The van der Waals surface area contributed by atoms with Crippen LogP contribution in [0.15, 0.2) is 12.4 Å². The SMILES string of the molecule is Cn1cc(CCNC(=O)C2(C#N)CCCCCC2)cn1. The van der Waals surface area contributed by atoms with E-state index in [-0.39, 0.29) is 5.91 Å². The van der Waals surface area contributed by atoms with Crippen molar-refractivity contribution in [3.63, 3.8) is 0 Å². The van der Waals surface area contributed by atoms with E-state index in [1.807, 2.05) is 13.2 Å². The maximum Gasteiger partial charge on any atom is 0.240 e. The van der Waals surface area contributed by atoms with E-state index in [4.69, 9.17) is 0 Å². The minimum Gasteiger partial charge on any atom is -0.354 e. The molecular formula is C15H22N4O. The number of amides is 1. The molecule has 0 unspecified atom stereocenters. The molecule has 1 amide bonds. The number of aryl methyl sites for hydroxylation is 1. The first kappa shape index (κ1) is 14.6. The molecule has 1 aromatic rings. The predicted molar refractivity (Wildman–Crippen MR) is 75.7 cm³/mol. The van der Waals surface area contributed by atoms with Crippen molar-refractivity contribution < 1.29 is 4.79 Å². The average Bonchev–Trinajstić information content (AvgIpc) is 2.73. The fourth-order valence-electron chi connectivity index (χ4n) is 2.81. The number of nitriles is 1. The van der Waals surface area contributed by atoms with Gasteiger partial charge in [0.05, 0.1) is 12.3 Å². The van der Waals surface area contributed by atoms with Crippen LogP contribution >= 0.6 is 0 Å². The van der Waals surface area contributed by atoms with Crippen LogP contribution in [0.3, 0.4) is 0 Å². The van der Waals surface area contributed by atoms with E-state index >= 15 is 0 Å². The fraction of sp³-hybridized carbons (Fsp3) is 0.667. The second-order valence-electron chi connectivity index (χ2n) is 5.64. The molecule has 0 spiro atoms. The zero-order chi connectivity index (χ0) is 14.4. The van der Waals surface area contributed by atoms with E-state index in [9.17, 15) is 10.1 Å². The Morgan fingerprint density at radius 2 is 2.15 bits per heavy atom. The van der Waals surface area contributed by atoms with Crippen LogP contribution in [0.5, 0.6) is 0 Å². The first-order valence-corrected chi connectivity index (χ1v) is 7.33. The van der Waals surface area contributed by atoms with E-state index in [0.29, 0.717) is 19.4 Å². The Morgan fingerprint density at radius 1 is 1.45 bits per heavy atom. The van der Waals surface area contributed by atoms with Crippen molar-refractivity contribution in [1.82, 2.24) is 15.1 Å². The van der Waals surface area contributed by atoms with Crippen molar-refractivity contribution in [2.75, 3.05) is 6.54 Å². The lowest BCUT2D eigenvalue weighted by Gasteiger charge is -2.23. The molecule has 5 nitrogen and oxygen atoms in total. The summed E-state index contributed by atoms with van der Waals surface area (Å²) in [6.45, 7) is 0.563. The first-order valence-electron chi connectivity index (χ1n) is 7.33. The van der Waals surface area contributed by atoms with Gasteiger partial charge in [0.15, 0.2) is 0 Å². The number of hydrogen-bond donors (Lipinski definition) is 1. The van der Waals surface area contributed by atoms with Crippen molar-refractivity contribution in [2.24, 2.45) is 12.5 Å². The minimum absolute atomic E-state index is 0.0919. The number of nitrogens with one attached hydrogen (secondary N) is 1. The minimum atomic E-state index is -0.800. The summed E-state index contributed by atoms with van der Waals surface area (Å²) >= 11 is 0. The lowest BCUT2D eigenvalue weighted by molar-refractivity contribution is -0.128. The van der Waals surface area contributed by atoms with Crippen LogP contribution in [0.25, 0.3) is 0 Å². The molecule has 0 atom stereocenters. The number of hydrogen-bond acceptors (Lipinski definition) is 3. The molecule has 108 valence electrons. The Balaban J connectivity index is 1.87. The number of carbonyl (C=O) groups excluding carboxylic acids is 1. The highest BCUT2D eigenvalue weighted by Crippen LogP contribution is 2.34. The van der Waals surface area contributed by atoms with Gasteiger partial charge in [-0.05, 0) is 24.8 Å². The standard InChI is InChI=1S/C15H22N4O/c1-19-11-13(10-18-19)6-9-17-14(20)15(12-16)7-4-2-3-5-8-15/h10-11H,2-9H2,1H3,(H,17,20). The van der Waals surface area contributed by atoms with Crippen LogP contribution < -0.4 is 5.32 Å². The maximum absolute atomic E-state index is 12.3. The van der Waals surface area contributed by atoms with Gasteiger partial charge in [0, 0.05) is 19.8 Å². The van der Waals surface area contributed by atoms with Gasteiger partial charge in [0.1, 0.15) is 5.41 Å². The third-order valence-corrected chi connectivity index (χ3v) is 4.06. The van der Waals surface area contributed by atoms with Crippen LogP contribution in [0, 0.1) is 16.7 Å². The Labute approximate surface area is 120 Å². The summed E-state index contributed by atoms with van der Waals surface area (Å²) in [4.78, 5) is 12.3. The van der Waals surface area contributed by atoms with E-state index in [0.717, 1.165) is 37.7 Å². The van der Waals surface area contributed by atoms with Crippen molar-refractivity contribution >= 4 is 5.91 Å². The van der Waals surface area contributed by atoms with Gasteiger partial charge >= 0.3 is 0 Å². The molecular weight excluding hydrogens is 252 g/mol. The molecule has 5 heteroatoms. The first-order chi connectivity index (χ1) is 9.66. The molecule has 0 radical (unpaired) electrons. The van der Waals surface area contributed by atoms with E-state index in [1.54, 1.807) is 10.9 Å². The Bertz CT molecular complexity index is 492. The van der Waals surface area contributed by atoms with Gasteiger partial charge in [0.2, 0.25) is 5.91 Å². The molecule has 2 rings (SSSR count). The van der Waals surface area contributed by atoms with Gasteiger partial charge in [-0.3, -0.25) is 9.48 Å². The molecule has 0 saturated heterocycles. The Morgan fingerprint density at radius 3 is 2.70 bits per heavy atom. The Hall–Kier alpha value is -1.83. The van der Waals surface area contributed by atoms with E-state index in [2.05, 4.69) is 16.5 Å². The van der Waals surface area contributed by atoms with Gasteiger partial charge in [-0.15, -0.1) is 0 Å². The van der Waals surface area contributed by atoms with Crippen molar-refractivity contribution in [1.29, 1.82) is 5.26 Å². The normalized spacial score (nSPS) is 18.0. The van der Waals surface area contributed by atoms with Crippen molar-refractivity contribution in [3.05, 3.63) is 18.0 Å². The topological polar surface area (TPSA) is 70.7 Å². The largest absolute Gasteiger partial charge is 0.354 e. The van der Waals surface area contributed by atoms with Crippen LogP contribution in [-0.4, -0.2) is 22.2 Å². The monoisotopic (exact) mass is 274 g/mol. The van der Waals surface area contributed by atoms with Crippen LogP contribution in [0.4, 0.5) is 0 Å². The quantitative estimate of drug-likeness (QED) is 0.853. The number of nitrogens with zero attached hydrogens (tertiary/aromatic N) is 3. The molecule has 1 aromatic heterocycles. The predicted octanol–water partition coefficient (Wildman–Crippen LogP) is 1.94. The zero-order valence-corrected chi connectivity index (χ0v) is 12.1. The molecule has 1 N–H and O–H groups in total. The van der Waals surface area contributed by atoms with Crippen molar-refractivity contribution in [3.8, 4) is 6.07 Å². The molecule has 1 heterocycles. The summed E-state index contributed by atoms with van der Waals surface area (Å²) in [5.74, 6) is -0.0919. The molecule has 0 aliphatic heterocycles. The smallest absolute Gasteiger partial charge is 0.240 e. The average molecular weight is 274 g/mol. The van der Waals surface area contributed by atoms with Gasteiger partial charge in [0.25, 0.3) is 0 Å². The molecule has 1 saturated carbocycles. The number of carbonyl (C=O) groups is 1. The summed E-state index contributed by atoms with van der Waals surface area (Å²) in [6, 6.07) is 2.28. The van der Waals surface area contributed by atoms with Gasteiger partial charge < -0.3 is 5.32 Å². The van der Waals surface area contributed by atoms with Gasteiger partial charge in [-0.25, -0.2) is 0 Å². The molecule has 1 fully saturated rings. The van der Waals surface area contributed by atoms with Gasteiger partial charge in [-0.2, -0.15) is 10.4 Å². The summed E-state index contributed by atoms with van der Waals surface area (Å²) in [6.07, 6.45) is 10.1. The summed E-state index contributed by atoms with van der Waals surface area (Å²) in [5, 5.41) is 16.5. The highest BCUT2D eigenvalue weighted by atomic mass is 16.2. The molecule has 1 aliphatic rings. The zero-order valence-electron chi connectivity index (χ0n) is 12.1. The third-order valence-electron chi connectivity index (χ3n) is 4.06. The lowest BCUT2D eigenvalue weighted by atomic mass is 9.81. The summed E-state index contributed by atoms with van der Waals surface area (Å²) in [5.41, 5.74) is 0.297. The van der Waals surface area contributed by atoms with Crippen molar-refractivity contribution in [2.45, 2.75) is 44.9 Å². The number of aromatic nitrogens is 2. The summed E-state index contributed by atoms with van der Waals surface area (Å²) in [7, 11) is 1.87. The second kappa shape index (κ2) is 6.56. The molecule has 0 bridgehead atoms. The third kappa shape index (κ3) is 3.38. The summed E-state index contributed by atoms with van der Waals surface area (Å²) < 4.78 is 1.75. The Kier molecular flexibility index (Phi) is 4.78. The lowest BCUT2D eigenvalue weighted by Crippen LogP contribution is -2.40. The van der Waals surface area contributed by atoms with Crippen LogP contribution in [-0.2, 0) is 18.3 Å². The molecule has 20 heavy (non-hydrogen) atoms. The van der Waals surface area contributed by atoms with E-state index in [1.165, 1.54) is 0 Å². The fourth-order valence-corrected chi connectivity index (χ4v) is 2.81. The van der Waals surface area contributed by atoms with Crippen LogP contribution in [0.2, 0.25) is 0 Å². The van der Waals surface area contributed by atoms with Gasteiger partial charge in [-0.1, -0.05) is 25.7 Å².